The lowest BCUT2D eigenvalue weighted by Gasteiger charge is -2.29. The zero-order valence-electron chi connectivity index (χ0n) is 8.31. The third kappa shape index (κ3) is 1.53. The maximum absolute atomic E-state index is 11.6. The summed E-state index contributed by atoms with van der Waals surface area (Å²) in [6.07, 6.45) is 0.310. The maximum atomic E-state index is 11.6. The molecule has 1 saturated heterocycles. The van der Waals surface area contributed by atoms with E-state index in [1.807, 2.05) is 13.8 Å². The molecule has 1 aliphatic rings. The highest BCUT2D eigenvalue weighted by molar-refractivity contribution is 5.92. The molecule has 0 bridgehead atoms. The van der Waals surface area contributed by atoms with Crippen molar-refractivity contribution >= 4 is 11.8 Å². The molecule has 74 valence electrons. The van der Waals surface area contributed by atoms with Crippen molar-refractivity contribution < 1.29 is 9.59 Å². The molecule has 1 heterocycles. The molecule has 0 aromatic rings. The highest BCUT2D eigenvalue weighted by Gasteiger charge is 2.46. The van der Waals surface area contributed by atoms with Gasteiger partial charge in [-0.1, -0.05) is 13.8 Å². The van der Waals surface area contributed by atoms with Crippen LogP contribution in [0.4, 0.5) is 0 Å². The molecule has 0 saturated carbocycles. The zero-order valence-corrected chi connectivity index (χ0v) is 8.31. The molecule has 0 aromatic heterocycles. The topological polar surface area (TPSA) is 58.2 Å². The smallest absolute Gasteiger partial charge is 0.228 e. The van der Waals surface area contributed by atoms with Gasteiger partial charge in [0.05, 0.1) is 5.41 Å². The Hall–Kier alpha value is -1.06. The van der Waals surface area contributed by atoms with Gasteiger partial charge in [0.25, 0.3) is 0 Å². The van der Waals surface area contributed by atoms with Gasteiger partial charge in [-0.3, -0.25) is 9.59 Å². The summed E-state index contributed by atoms with van der Waals surface area (Å²) >= 11 is 0. The van der Waals surface area contributed by atoms with Gasteiger partial charge in [0.1, 0.15) is 0 Å². The van der Waals surface area contributed by atoms with E-state index in [1.165, 1.54) is 0 Å². The van der Waals surface area contributed by atoms with Crippen LogP contribution in [0.3, 0.4) is 0 Å². The van der Waals surface area contributed by atoms with Crippen LogP contribution >= 0.6 is 0 Å². The first-order chi connectivity index (χ1) is 6.03. The van der Waals surface area contributed by atoms with Gasteiger partial charge in [0.15, 0.2) is 0 Å². The summed E-state index contributed by atoms with van der Waals surface area (Å²) in [5.74, 6) is 0.101. The third-order valence-corrected chi connectivity index (χ3v) is 2.86. The van der Waals surface area contributed by atoms with Crippen molar-refractivity contribution in [2.45, 2.75) is 20.3 Å². The number of hydrogen-bond donors (Lipinski definition) is 2. The quantitative estimate of drug-likeness (QED) is 0.629. The molecule has 1 unspecified atom stereocenters. The van der Waals surface area contributed by atoms with Crippen molar-refractivity contribution in [1.29, 1.82) is 0 Å². The second-order valence-corrected chi connectivity index (χ2v) is 3.84. The Morgan fingerprint density at radius 1 is 1.62 bits per heavy atom. The molecular weight excluding hydrogens is 168 g/mol. The Kier molecular flexibility index (Phi) is 2.59. The summed E-state index contributed by atoms with van der Waals surface area (Å²) in [6.45, 7) is 4.40. The minimum Gasteiger partial charge on any atom is -0.359 e. The number of amides is 2. The van der Waals surface area contributed by atoms with Gasteiger partial charge in [0.2, 0.25) is 11.8 Å². The van der Waals surface area contributed by atoms with Gasteiger partial charge >= 0.3 is 0 Å². The van der Waals surface area contributed by atoms with Gasteiger partial charge in [-0.15, -0.1) is 0 Å². The largest absolute Gasteiger partial charge is 0.359 e. The highest BCUT2D eigenvalue weighted by Crippen LogP contribution is 2.34. The van der Waals surface area contributed by atoms with Gasteiger partial charge in [-0.25, -0.2) is 0 Å². The number of nitrogens with one attached hydrogen (secondary N) is 2. The first-order valence-corrected chi connectivity index (χ1v) is 4.52. The lowest BCUT2D eigenvalue weighted by atomic mass is 9.75. The van der Waals surface area contributed by atoms with E-state index in [2.05, 4.69) is 10.6 Å². The van der Waals surface area contributed by atoms with Crippen LogP contribution in [-0.4, -0.2) is 25.4 Å². The minimum atomic E-state index is -0.536. The number of hydrogen-bond acceptors (Lipinski definition) is 2. The SMILES string of the molecule is CNC(=O)C1(C(C)C)CNC(=O)C1. The van der Waals surface area contributed by atoms with Crippen LogP contribution in [0.15, 0.2) is 0 Å². The Bertz CT molecular complexity index is 238. The van der Waals surface area contributed by atoms with Crippen molar-refractivity contribution in [3.8, 4) is 0 Å². The predicted molar refractivity (Wildman–Crippen MR) is 49.0 cm³/mol. The van der Waals surface area contributed by atoms with Crippen LogP contribution in [-0.2, 0) is 9.59 Å². The average molecular weight is 184 g/mol. The van der Waals surface area contributed by atoms with Crippen LogP contribution in [0.1, 0.15) is 20.3 Å². The Morgan fingerprint density at radius 2 is 2.23 bits per heavy atom. The molecule has 4 nitrogen and oxygen atoms in total. The summed E-state index contributed by atoms with van der Waals surface area (Å²) in [7, 11) is 1.61. The zero-order chi connectivity index (χ0) is 10.1. The normalized spacial score (nSPS) is 27.5. The van der Waals surface area contributed by atoms with Crippen molar-refractivity contribution in [2.75, 3.05) is 13.6 Å². The lowest BCUT2D eigenvalue weighted by Crippen LogP contribution is -2.44. The Labute approximate surface area is 78.1 Å². The summed E-state index contributed by atoms with van der Waals surface area (Å²) in [5, 5.41) is 5.33. The minimum absolute atomic E-state index is 0.0303. The lowest BCUT2D eigenvalue weighted by molar-refractivity contribution is -0.133. The first kappa shape index (κ1) is 10.0. The molecule has 1 fully saturated rings. The van der Waals surface area contributed by atoms with Crippen molar-refractivity contribution in [3.05, 3.63) is 0 Å². The summed E-state index contributed by atoms with van der Waals surface area (Å²) in [4.78, 5) is 22.7. The maximum Gasteiger partial charge on any atom is 0.228 e. The van der Waals surface area contributed by atoms with E-state index in [-0.39, 0.29) is 17.7 Å². The molecular formula is C9H16N2O2. The fourth-order valence-electron chi connectivity index (χ4n) is 1.75. The molecule has 2 N–H and O–H groups in total. The molecule has 1 rings (SSSR count). The van der Waals surface area contributed by atoms with Crippen LogP contribution in [0.25, 0.3) is 0 Å². The molecule has 0 radical (unpaired) electrons. The van der Waals surface area contributed by atoms with Crippen molar-refractivity contribution in [1.82, 2.24) is 10.6 Å². The predicted octanol–water partition coefficient (Wildman–Crippen LogP) is -0.105. The second kappa shape index (κ2) is 3.36. The van der Waals surface area contributed by atoms with Gasteiger partial charge in [-0.2, -0.15) is 0 Å². The highest BCUT2D eigenvalue weighted by atomic mass is 16.2. The molecule has 1 atom stereocenters. The number of carbonyl (C=O) groups excluding carboxylic acids is 2. The standard InChI is InChI=1S/C9H16N2O2/c1-6(2)9(8(13)10-3)4-7(12)11-5-9/h6H,4-5H2,1-3H3,(H,10,13)(H,11,12). The molecule has 0 aromatic carbocycles. The van der Waals surface area contributed by atoms with Crippen molar-refractivity contribution in [2.24, 2.45) is 11.3 Å². The summed E-state index contributed by atoms with van der Waals surface area (Å²) < 4.78 is 0. The first-order valence-electron chi connectivity index (χ1n) is 4.52. The fourth-order valence-corrected chi connectivity index (χ4v) is 1.75. The molecule has 1 aliphatic heterocycles. The van der Waals surface area contributed by atoms with E-state index >= 15 is 0 Å². The Morgan fingerprint density at radius 3 is 2.54 bits per heavy atom. The average Bonchev–Trinajstić information content (AvgIpc) is 2.47. The van der Waals surface area contributed by atoms with Crippen LogP contribution in [0, 0.1) is 11.3 Å². The van der Waals surface area contributed by atoms with E-state index in [4.69, 9.17) is 0 Å². The Balaban J connectivity index is 2.89. The number of carbonyl (C=O) groups is 2. The molecule has 13 heavy (non-hydrogen) atoms. The molecule has 0 aliphatic carbocycles. The van der Waals surface area contributed by atoms with Gasteiger partial charge in [0, 0.05) is 20.0 Å². The summed E-state index contributed by atoms with van der Waals surface area (Å²) in [6, 6.07) is 0. The van der Waals surface area contributed by atoms with E-state index in [0.717, 1.165) is 0 Å². The van der Waals surface area contributed by atoms with E-state index in [9.17, 15) is 9.59 Å². The van der Waals surface area contributed by atoms with Crippen LogP contribution < -0.4 is 10.6 Å². The van der Waals surface area contributed by atoms with Gasteiger partial charge in [-0.05, 0) is 5.92 Å². The molecule has 0 spiro atoms. The van der Waals surface area contributed by atoms with Gasteiger partial charge < -0.3 is 10.6 Å². The van der Waals surface area contributed by atoms with Crippen LogP contribution in [0.5, 0.6) is 0 Å². The van der Waals surface area contributed by atoms with Crippen molar-refractivity contribution in [3.63, 3.8) is 0 Å². The number of rotatable bonds is 2. The fraction of sp³-hybridized carbons (Fsp3) is 0.778. The molecule has 4 heteroatoms. The van der Waals surface area contributed by atoms with E-state index < -0.39 is 5.41 Å². The summed E-state index contributed by atoms with van der Waals surface area (Å²) in [5.41, 5.74) is -0.536. The monoisotopic (exact) mass is 184 g/mol. The molecule has 2 amide bonds. The second-order valence-electron chi connectivity index (χ2n) is 3.84. The van der Waals surface area contributed by atoms with Crippen LogP contribution in [0.2, 0.25) is 0 Å². The third-order valence-electron chi connectivity index (χ3n) is 2.86. The van der Waals surface area contributed by atoms with E-state index in [0.29, 0.717) is 13.0 Å². The van der Waals surface area contributed by atoms with E-state index in [1.54, 1.807) is 7.05 Å².